The zero-order chi connectivity index (χ0) is 34.4. The molecule has 0 aliphatic rings. The molecular formula is C41H23N9OS. The Labute approximate surface area is 299 Å². The van der Waals surface area contributed by atoms with E-state index in [9.17, 15) is 0 Å². The molecule has 0 unspecified atom stereocenters. The fourth-order valence-electron chi connectivity index (χ4n) is 6.77. The zero-order valence-electron chi connectivity index (χ0n) is 27.1. The van der Waals surface area contributed by atoms with Gasteiger partial charge in [-0.15, -0.1) is 0 Å². The molecule has 244 valence electrons. The fourth-order valence-corrected chi connectivity index (χ4v) is 7.28. The van der Waals surface area contributed by atoms with Gasteiger partial charge < -0.3 is 4.52 Å². The van der Waals surface area contributed by atoms with Gasteiger partial charge in [0.15, 0.2) is 11.6 Å². The van der Waals surface area contributed by atoms with Crippen LogP contribution < -0.4 is 0 Å². The van der Waals surface area contributed by atoms with Crippen LogP contribution in [0.3, 0.4) is 0 Å². The summed E-state index contributed by atoms with van der Waals surface area (Å²) in [5.41, 5.74) is 8.14. The third-order valence-corrected chi connectivity index (χ3v) is 9.53. The van der Waals surface area contributed by atoms with Gasteiger partial charge in [0.25, 0.3) is 0 Å². The maximum atomic E-state index is 5.49. The van der Waals surface area contributed by atoms with Gasteiger partial charge in [0.2, 0.25) is 0 Å². The van der Waals surface area contributed by atoms with Gasteiger partial charge in [-0.3, -0.25) is 9.97 Å². The van der Waals surface area contributed by atoms with Gasteiger partial charge in [-0.05, 0) is 59.4 Å². The SMILES string of the molecule is c1ccc(-c2c(-c3ccon3)c(-c3ccsn3)c3nc(-c4nccc5ccccc45)nc(-c4ccc5ccccc5n4)c3c2-c2ncccn2)nc1. The van der Waals surface area contributed by atoms with Crippen molar-refractivity contribution in [2.24, 2.45) is 0 Å². The molecule has 10 aromatic rings. The summed E-state index contributed by atoms with van der Waals surface area (Å²) in [6.07, 6.45) is 8.56. The molecule has 0 saturated carbocycles. The Bertz CT molecular complexity index is 2900. The van der Waals surface area contributed by atoms with Crippen LogP contribution in [0.1, 0.15) is 0 Å². The number of fused-ring (bicyclic) bond motifs is 3. The minimum atomic E-state index is 0.433. The molecule has 0 radical (unpaired) electrons. The van der Waals surface area contributed by atoms with Gasteiger partial charge >= 0.3 is 0 Å². The van der Waals surface area contributed by atoms with Gasteiger partial charge in [-0.1, -0.05) is 59.8 Å². The quantitative estimate of drug-likeness (QED) is 0.166. The lowest BCUT2D eigenvalue weighted by atomic mass is 9.85. The molecule has 0 fully saturated rings. The lowest BCUT2D eigenvalue weighted by molar-refractivity contribution is 0.422. The Balaban J connectivity index is 1.48. The van der Waals surface area contributed by atoms with Crippen molar-refractivity contribution >= 4 is 44.1 Å². The highest BCUT2D eigenvalue weighted by Gasteiger charge is 2.31. The lowest BCUT2D eigenvalue weighted by Gasteiger charge is -2.22. The first-order valence-corrected chi connectivity index (χ1v) is 17.3. The summed E-state index contributed by atoms with van der Waals surface area (Å²) in [6.45, 7) is 0. The molecule has 11 heteroatoms. The second kappa shape index (κ2) is 12.3. The van der Waals surface area contributed by atoms with E-state index < -0.39 is 0 Å². The molecule has 0 aliphatic carbocycles. The predicted molar refractivity (Wildman–Crippen MR) is 202 cm³/mol. The van der Waals surface area contributed by atoms with Crippen LogP contribution in [0.15, 0.2) is 144 Å². The normalized spacial score (nSPS) is 11.5. The average molecular weight is 690 g/mol. The van der Waals surface area contributed by atoms with E-state index in [-0.39, 0.29) is 0 Å². The fraction of sp³-hybridized carbons (Fsp3) is 0. The first-order chi connectivity index (χ1) is 25.8. The summed E-state index contributed by atoms with van der Waals surface area (Å²) >= 11 is 1.35. The molecule has 0 amide bonds. The number of para-hydroxylation sites is 1. The van der Waals surface area contributed by atoms with Crippen molar-refractivity contribution in [1.29, 1.82) is 0 Å². The third-order valence-electron chi connectivity index (χ3n) is 8.97. The van der Waals surface area contributed by atoms with Crippen LogP contribution >= 0.6 is 11.5 Å². The van der Waals surface area contributed by atoms with Gasteiger partial charge in [0.05, 0.1) is 28.1 Å². The van der Waals surface area contributed by atoms with E-state index in [2.05, 4.69) is 17.3 Å². The third kappa shape index (κ3) is 4.90. The van der Waals surface area contributed by atoms with Crippen molar-refractivity contribution in [2.75, 3.05) is 0 Å². The number of rotatable bonds is 6. The molecule has 52 heavy (non-hydrogen) atoms. The van der Waals surface area contributed by atoms with Crippen LogP contribution in [0, 0.1) is 0 Å². The monoisotopic (exact) mass is 689 g/mol. The average Bonchev–Trinajstić information content (AvgIpc) is 3.96. The van der Waals surface area contributed by atoms with Crippen molar-refractivity contribution in [3.8, 4) is 68.1 Å². The van der Waals surface area contributed by atoms with Crippen LogP contribution in [0.25, 0.3) is 101 Å². The van der Waals surface area contributed by atoms with Gasteiger partial charge in [-0.2, -0.15) is 4.37 Å². The van der Waals surface area contributed by atoms with Gasteiger partial charge in [0.1, 0.15) is 23.3 Å². The number of hydrogen-bond donors (Lipinski definition) is 0. The Morgan fingerprint density at radius 2 is 1.31 bits per heavy atom. The molecule has 0 bridgehead atoms. The molecule has 7 aromatic heterocycles. The largest absolute Gasteiger partial charge is 0.364 e. The van der Waals surface area contributed by atoms with E-state index in [0.29, 0.717) is 62.3 Å². The number of hydrogen-bond acceptors (Lipinski definition) is 11. The number of pyridine rings is 3. The predicted octanol–water partition coefficient (Wildman–Crippen LogP) is 9.36. The van der Waals surface area contributed by atoms with Gasteiger partial charge in [0, 0.05) is 74.6 Å². The Morgan fingerprint density at radius 3 is 2.13 bits per heavy atom. The van der Waals surface area contributed by atoms with Crippen LogP contribution in [-0.2, 0) is 0 Å². The van der Waals surface area contributed by atoms with E-state index in [4.69, 9.17) is 43.8 Å². The molecule has 0 saturated heterocycles. The van der Waals surface area contributed by atoms with E-state index in [0.717, 1.165) is 38.4 Å². The first-order valence-electron chi connectivity index (χ1n) is 16.4. The molecule has 7 heterocycles. The standard InChI is InChI=1S/C41H23N9OS/c1-3-10-26-24(8-1)15-21-43-37(26)41-47-38(31-14-13-25-9-2-4-11-27(25)46-31)36-35(40-44-19-7-20-45-40)32(28-12-5-6-18-42-28)33(29-16-22-51-49-29)34(39(36)48-41)30-17-23-52-50-30/h1-23H. The maximum absolute atomic E-state index is 5.49. The smallest absolute Gasteiger partial charge is 0.180 e. The molecular weight excluding hydrogens is 667 g/mol. The highest BCUT2D eigenvalue weighted by molar-refractivity contribution is 7.03. The van der Waals surface area contributed by atoms with Crippen LogP contribution in [0.5, 0.6) is 0 Å². The highest BCUT2D eigenvalue weighted by Crippen LogP contribution is 2.51. The molecule has 0 aliphatic heterocycles. The van der Waals surface area contributed by atoms with Gasteiger partial charge in [-0.25, -0.2) is 24.9 Å². The highest BCUT2D eigenvalue weighted by atomic mass is 32.1. The van der Waals surface area contributed by atoms with E-state index in [1.54, 1.807) is 37.1 Å². The second-order valence-electron chi connectivity index (χ2n) is 11.9. The summed E-state index contributed by atoms with van der Waals surface area (Å²) in [5.74, 6) is 0.895. The molecule has 10 rings (SSSR count). The van der Waals surface area contributed by atoms with Crippen LogP contribution in [-0.4, -0.2) is 44.4 Å². The zero-order valence-corrected chi connectivity index (χ0v) is 27.9. The summed E-state index contributed by atoms with van der Waals surface area (Å²) in [4.78, 5) is 35.4. The molecule has 0 atom stereocenters. The van der Waals surface area contributed by atoms with E-state index >= 15 is 0 Å². The number of aromatic nitrogens is 9. The Hall–Kier alpha value is -7.11. The minimum Gasteiger partial charge on any atom is -0.364 e. The molecule has 0 N–H and O–H groups in total. The summed E-state index contributed by atoms with van der Waals surface area (Å²) in [5, 5.41) is 10.1. The van der Waals surface area contributed by atoms with E-state index in [1.165, 1.54) is 11.5 Å². The lowest BCUT2D eigenvalue weighted by Crippen LogP contribution is -2.06. The van der Waals surface area contributed by atoms with Crippen molar-refractivity contribution in [3.05, 3.63) is 140 Å². The Kier molecular flexibility index (Phi) is 7.07. The number of benzene rings is 3. The topological polar surface area (TPSA) is 129 Å². The van der Waals surface area contributed by atoms with Crippen LogP contribution in [0.4, 0.5) is 0 Å². The van der Waals surface area contributed by atoms with Crippen molar-refractivity contribution in [1.82, 2.24) is 44.4 Å². The maximum Gasteiger partial charge on any atom is 0.180 e. The molecule has 10 nitrogen and oxygen atoms in total. The van der Waals surface area contributed by atoms with Crippen molar-refractivity contribution in [2.45, 2.75) is 0 Å². The molecule has 0 spiro atoms. The minimum absolute atomic E-state index is 0.433. The van der Waals surface area contributed by atoms with Crippen LogP contribution in [0.2, 0.25) is 0 Å². The summed E-state index contributed by atoms with van der Waals surface area (Å²) in [7, 11) is 0. The Morgan fingerprint density at radius 1 is 0.481 bits per heavy atom. The van der Waals surface area contributed by atoms with Crippen molar-refractivity contribution < 1.29 is 4.52 Å². The van der Waals surface area contributed by atoms with E-state index in [1.807, 2.05) is 90.3 Å². The summed E-state index contributed by atoms with van der Waals surface area (Å²) in [6, 6.07) is 33.6. The number of nitrogens with zero attached hydrogens (tertiary/aromatic N) is 9. The van der Waals surface area contributed by atoms with Crippen molar-refractivity contribution in [3.63, 3.8) is 0 Å². The summed E-state index contributed by atoms with van der Waals surface area (Å²) < 4.78 is 10.4. The second-order valence-corrected chi connectivity index (χ2v) is 12.6. The first kappa shape index (κ1) is 29.8. The molecule has 3 aromatic carbocycles.